The molecule has 0 aliphatic rings. The molecule has 0 saturated carbocycles. The number of rotatable bonds is 2. The third-order valence-electron chi connectivity index (χ3n) is 0.289. The van der Waals surface area contributed by atoms with E-state index in [0.29, 0.717) is 0 Å². The van der Waals surface area contributed by atoms with Crippen molar-refractivity contribution in [3.63, 3.8) is 0 Å². The van der Waals surface area contributed by atoms with Crippen LogP contribution in [0.5, 0.6) is 0 Å². The van der Waals surface area contributed by atoms with Crippen molar-refractivity contribution in [2.75, 3.05) is 0 Å². The van der Waals surface area contributed by atoms with E-state index >= 15 is 0 Å². The standard InChI is InChI=1S/C3H4O4.Fe/c4-2(5)1-3(6)7;/h1H2,(H,4,5)(H,6,7);/q;+3/p-2. The van der Waals surface area contributed by atoms with Gasteiger partial charge in [-0.1, -0.05) is 0 Å². The second kappa shape index (κ2) is 4.61. The molecule has 0 heterocycles. The van der Waals surface area contributed by atoms with E-state index in [1.807, 2.05) is 0 Å². The number of carboxylic acid groups (broad SMARTS) is 2. The van der Waals surface area contributed by atoms with Gasteiger partial charge in [0.15, 0.2) is 0 Å². The van der Waals surface area contributed by atoms with Gasteiger partial charge in [-0.3, -0.25) is 0 Å². The summed E-state index contributed by atoms with van der Waals surface area (Å²) in [5, 5.41) is 18.6. The molecule has 5 heteroatoms. The van der Waals surface area contributed by atoms with Crippen molar-refractivity contribution in [3.05, 3.63) is 0 Å². The number of carboxylic acids is 2. The molecule has 8 heavy (non-hydrogen) atoms. The number of hydrogen-bond donors (Lipinski definition) is 0. The van der Waals surface area contributed by atoms with Crippen molar-refractivity contribution < 1.29 is 36.9 Å². The Morgan fingerprint density at radius 1 is 1.12 bits per heavy atom. The second-order valence-electron chi connectivity index (χ2n) is 0.921. The van der Waals surface area contributed by atoms with Crippen LogP contribution in [0.2, 0.25) is 0 Å². The molecule has 45 valence electrons. The van der Waals surface area contributed by atoms with Crippen LogP contribution < -0.4 is 10.2 Å². The van der Waals surface area contributed by atoms with E-state index in [1.165, 1.54) is 0 Å². The summed E-state index contributed by atoms with van der Waals surface area (Å²) in [6.45, 7) is 0. The molecular weight excluding hydrogens is 156 g/mol. The zero-order valence-electron chi connectivity index (χ0n) is 3.69. The van der Waals surface area contributed by atoms with Gasteiger partial charge in [-0.25, -0.2) is 0 Å². The first-order chi connectivity index (χ1) is 3.13. The van der Waals surface area contributed by atoms with Crippen molar-refractivity contribution in [2.24, 2.45) is 0 Å². The fourth-order valence-electron chi connectivity index (χ4n) is 0.118. The molecule has 0 aromatic carbocycles. The van der Waals surface area contributed by atoms with Crippen LogP contribution in [-0.2, 0) is 26.7 Å². The maximum Gasteiger partial charge on any atom is 3.00 e. The minimum absolute atomic E-state index is 0. The third-order valence-corrected chi connectivity index (χ3v) is 0.289. The van der Waals surface area contributed by atoms with E-state index in [0.717, 1.165) is 0 Å². The van der Waals surface area contributed by atoms with Crippen LogP contribution in [0, 0.1) is 0 Å². The molecule has 0 rings (SSSR count). The Kier molecular flexibility index (Phi) is 6.02. The summed E-state index contributed by atoms with van der Waals surface area (Å²) in [7, 11) is 0. The maximum atomic E-state index is 9.28. The first-order valence-electron chi connectivity index (χ1n) is 1.52. The van der Waals surface area contributed by atoms with Crippen LogP contribution >= 0.6 is 0 Å². The van der Waals surface area contributed by atoms with E-state index in [9.17, 15) is 19.8 Å². The number of carbonyl (C=O) groups is 2. The largest absolute Gasteiger partial charge is 3.00 e. The molecular formula is C3H2FeO4+. The Balaban J connectivity index is 0. The van der Waals surface area contributed by atoms with Crippen LogP contribution in [-0.4, -0.2) is 11.9 Å². The van der Waals surface area contributed by atoms with Gasteiger partial charge >= 0.3 is 17.1 Å². The Labute approximate surface area is 56.0 Å². The van der Waals surface area contributed by atoms with Crippen molar-refractivity contribution in [1.29, 1.82) is 0 Å². The summed E-state index contributed by atoms with van der Waals surface area (Å²) in [5.74, 6) is -3.25. The summed E-state index contributed by atoms with van der Waals surface area (Å²) in [6, 6.07) is 0. The second-order valence-corrected chi connectivity index (χ2v) is 0.921. The first kappa shape index (κ1) is 10.4. The molecule has 0 unspecified atom stereocenters. The molecule has 0 spiro atoms. The summed E-state index contributed by atoms with van der Waals surface area (Å²) in [6.07, 6.45) is -1.03. The molecule has 0 saturated heterocycles. The molecule has 0 atom stereocenters. The summed E-state index contributed by atoms with van der Waals surface area (Å²) in [4.78, 5) is 18.6. The third kappa shape index (κ3) is 9.07. The van der Waals surface area contributed by atoms with Gasteiger partial charge in [-0.2, -0.15) is 0 Å². The SMILES string of the molecule is O=C([O-])CC(=O)[O-].[Fe+3]. The maximum absolute atomic E-state index is 9.28. The summed E-state index contributed by atoms with van der Waals surface area (Å²) in [5.41, 5.74) is 0. The molecule has 4 nitrogen and oxygen atoms in total. The molecule has 0 aliphatic heterocycles. The van der Waals surface area contributed by atoms with E-state index in [1.54, 1.807) is 0 Å². The molecule has 0 aromatic heterocycles. The van der Waals surface area contributed by atoms with Crippen molar-refractivity contribution >= 4 is 11.9 Å². The first-order valence-corrected chi connectivity index (χ1v) is 1.52. The zero-order valence-corrected chi connectivity index (χ0v) is 4.80. The van der Waals surface area contributed by atoms with Crippen molar-refractivity contribution in [2.45, 2.75) is 6.42 Å². The van der Waals surface area contributed by atoms with Gasteiger partial charge in [0.05, 0.1) is 0 Å². The zero-order chi connectivity index (χ0) is 5.86. The minimum atomic E-state index is -1.63. The molecule has 0 bridgehead atoms. The van der Waals surface area contributed by atoms with Crippen LogP contribution in [0.15, 0.2) is 0 Å². The smallest absolute Gasteiger partial charge is 0.550 e. The van der Waals surface area contributed by atoms with Crippen molar-refractivity contribution in [3.8, 4) is 0 Å². The fourth-order valence-corrected chi connectivity index (χ4v) is 0.118. The Morgan fingerprint density at radius 2 is 1.38 bits per heavy atom. The van der Waals surface area contributed by atoms with E-state index < -0.39 is 18.4 Å². The Hall–Kier alpha value is -0.541. The van der Waals surface area contributed by atoms with Crippen molar-refractivity contribution in [1.82, 2.24) is 0 Å². The topological polar surface area (TPSA) is 80.3 Å². The molecule has 0 fully saturated rings. The van der Waals surface area contributed by atoms with Gasteiger partial charge in [0.1, 0.15) is 0 Å². The van der Waals surface area contributed by atoms with Crippen LogP contribution in [0.1, 0.15) is 6.42 Å². The van der Waals surface area contributed by atoms with Gasteiger partial charge in [-0.05, 0) is 0 Å². The van der Waals surface area contributed by atoms with E-state index in [-0.39, 0.29) is 17.1 Å². The predicted octanol–water partition coefficient (Wildman–Crippen LogP) is -3.13. The quantitative estimate of drug-likeness (QED) is 0.314. The minimum Gasteiger partial charge on any atom is -0.550 e. The normalized spacial score (nSPS) is 7.00. The number of carbonyl (C=O) groups excluding carboxylic acids is 2. The monoisotopic (exact) mass is 158 g/mol. The Morgan fingerprint density at radius 3 is 1.38 bits per heavy atom. The van der Waals surface area contributed by atoms with Crippen LogP contribution in [0.4, 0.5) is 0 Å². The molecule has 1 radical (unpaired) electrons. The average molecular weight is 158 g/mol. The summed E-state index contributed by atoms with van der Waals surface area (Å²) >= 11 is 0. The van der Waals surface area contributed by atoms with Gasteiger partial charge in [0.2, 0.25) is 0 Å². The van der Waals surface area contributed by atoms with Crippen LogP contribution in [0.3, 0.4) is 0 Å². The van der Waals surface area contributed by atoms with E-state index in [4.69, 9.17) is 0 Å². The average Bonchev–Trinajstić information content (AvgIpc) is 1.27. The molecule has 0 aliphatic carbocycles. The molecule has 0 N–H and O–H groups in total. The summed E-state index contributed by atoms with van der Waals surface area (Å²) < 4.78 is 0. The van der Waals surface area contributed by atoms with E-state index in [2.05, 4.69) is 0 Å². The van der Waals surface area contributed by atoms with Gasteiger partial charge in [-0.15, -0.1) is 0 Å². The molecule has 0 aromatic rings. The molecule has 0 amide bonds. The van der Waals surface area contributed by atoms with Gasteiger partial charge in [0, 0.05) is 18.4 Å². The van der Waals surface area contributed by atoms with Gasteiger partial charge in [0.25, 0.3) is 0 Å². The predicted molar refractivity (Wildman–Crippen MR) is 14.6 cm³/mol. The van der Waals surface area contributed by atoms with Gasteiger partial charge < -0.3 is 19.8 Å². The Bertz CT molecular complexity index is 87.5. The number of hydrogen-bond acceptors (Lipinski definition) is 4. The fraction of sp³-hybridized carbons (Fsp3) is 0.333. The van der Waals surface area contributed by atoms with Crippen LogP contribution in [0.25, 0.3) is 0 Å². The number of aliphatic carboxylic acids is 2.